The number of hydrogen-bond donors (Lipinski definition) is 4. The second-order valence-corrected chi connectivity index (χ2v) is 18.9. The highest BCUT2D eigenvalue weighted by Crippen LogP contribution is 2.44. The average molecular weight is 947 g/mol. The van der Waals surface area contributed by atoms with Crippen molar-refractivity contribution in [2.24, 2.45) is 11.8 Å². The quantitative estimate of drug-likeness (QED) is 0.0832. The molecule has 0 bridgehead atoms. The number of H-pyrrole nitrogens is 2. The molecule has 17 heteroatoms. The van der Waals surface area contributed by atoms with Crippen LogP contribution in [-0.2, 0) is 35.1 Å². The molecule has 3 aromatic carbocycles. The first kappa shape index (κ1) is 47.8. The largest absolute Gasteiger partial charge is 0.488 e. The number of rotatable bonds is 14. The lowest BCUT2D eigenvalue weighted by atomic mass is 9.89. The zero-order chi connectivity index (χ0) is 48.3. The van der Waals surface area contributed by atoms with Crippen LogP contribution in [0, 0.1) is 11.8 Å². The molecule has 69 heavy (non-hydrogen) atoms. The van der Waals surface area contributed by atoms with E-state index in [1.165, 1.54) is 14.2 Å². The molecule has 4 aliphatic rings. The van der Waals surface area contributed by atoms with Crippen molar-refractivity contribution in [1.29, 1.82) is 0 Å². The number of aromatic amines is 2. The van der Waals surface area contributed by atoms with E-state index in [1.807, 2.05) is 29.0 Å². The van der Waals surface area contributed by atoms with E-state index in [0.29, 0.717) is 64.5 Å². The van der Waals surface area contributed by atoms with Gasteiger partial charge in [-0.1, -0.05) is 39.0 Å². The van der Waals surface area contributed by atoms with Crippen molar-refractivity contribution in [2.75, 3.05) is 40.6 Å². The first-order chi connectivity index (χ1) is 33.5. The summed E-state index contributed by atoms with van der Waals surface area (Å²) in [6.07, 6.45) is 7.12. The van der Waals surface area contributed by atoms with Gasteiger partial charge < -0.3 is 54.1 Å². The number of nitrogens with zero attached hydrogens (tertiary/aromatic N) is 4. The Hall–Kier alpha value is -6.20. The Kier molecular flexibility index (Phi) is 14.4. The van der Waals surface area contributed by atoms with Gasteiger partial charge in [0.15, 0.2) is 0 Å². The van der Waals surface area contributed by atoms with Crippen LogP contribution in [-0.4, -0.2) is 119 Å². The lowest BCUT2D eigenvalue weighted by Crippen LogP contribution is -2.56. The Morgan fingerprint density at radius 1 is 0.826 bits per heavy atom. The smallest absolute Gasteiger partial charge is 0.407 e. The lowest BCUT2D eigenvalue weighted by Gasteiger charge is -2.40. The SMILES string of the molecule is CCC(CC)N(C(=O)[C@@H](NC(=O)OC)C1CCOCC1)[C@@H](C)c1nc2c(ccc3cc4c(cc32)OCc2cc(-c3cnc([C@@H]5CC[C@H](CC)N5C(=O)[C@@H](NC(=O)OC)C5CCOCC5)[nH]3)ccc2-4)[nH]1. The summed E-state index contributed by atoms with van der Waals surface area (Å²) in [6.45, 7) is 10.8. The molecule has 4 N–H and O–H groups in total. The van der Waals surface area contributed by atoms with Gasteiger partial charge in [0.25, 0.3) is 0 Å². The van der Waals surface area contributed by atoms with Crippen molar-refractivity contribution in [3.05, 3.63) is 65.9 Å². The third kappa shape index (κ3) is 9.47. The Balaban J connectivity index is 0.971. The van der Waals surface area contributed by atoms with Crippen LogP contribution in [0.3, 0.4) is 0 Å². The topological polar surface area (TPSA) is 202 Å². The van der Waals surface area contributed by atoms with Crippen molar-refractivity contribution < 1.29 is 42.9 Å². The van der Waals surface area contributed by atoms with Crippen LogP contribution in [0.1, 0.15) is 115 Å². The first-order valence-electron chi connectivity index (χ1n) is 24.8. The van der Waals surface area contributed by atoms with E-state index in [0.717, 1.165) is 93.4 Å². The molecule has 0 saturated carbocycles. The minimum absolute atomic E-state index is 0.0171. The van der Waals surface area contributed by atoms with E-state index in [2.05, 4.69) is 77.8 Å². The maximum Gasteiger partial charge on any atom is 0.407 e. The van der Waals surface area contributed by atoms with Crippen LogP contribution in [0.15, 0.2) is 48.7 Å². The van der Waals surface area contributed by atoms with Gasteiger partial charge in [0.2, 0.25) is 11.8 Å². The molecule has 368 valence electrons. The fourth-order valence-electron chi connectivity index (χ4n) is 11.3. The molecule has 2 aromatic heterocycles. The predicted molar refractivity (Wildman–Crippen MR) is 259 cm³/mol. The third-order valence-corrected chi connectivity index (χ3v) is 15.1. The number of ether oxygens (including phenoxy) is 5. The van der Waals surface area contributed by atoms with E-state index >= 15 is 0 Å². The fourth-order valence-corrected chi connectivity index (χ4v) is 11.3. The molecule has 4 amide bonds. The number of alkyl carbamates (subject to hydrolysis) is 2. The van der Waals surface area contributed by atoms with Gasteiger partial charge in [0.05, 0.1) is 49.2 Å². The third-order valence-electron chi connectivity index (χ3n) is 15.1. The van der Waals surface area contributed by atoms with Crippen molar-refractivity contribution in [1.82, 2.24) is 40.4 Å². The summed E-state index contributed by atoms with van der Waals surface area (Å²) < 4.78 is 27.6. The number of carbonyl (C=O) groups is 4. The Morgan fingerprint density at radius 3 is 2.17 bits per heavy atom. The summed E-state index contributed by atoms with van der Waals surface area (Å²) in [4.78, 5) is 75.3. The number of amides is 4. The number of aromatic nitrogens is 4. The number of imidazole rings is 2. The second-order valence-electron chi connectivity index (χ2n) is 18.9. The van der Waals surface area contributed by atoms with E-state index < -0.39 is 30.3 Å². The molecule has 3 saturated heterocycles. The Morgan fingerprint density at radius 2 is 1.51 bits per heavy atom. The summed E-state index contributed by atoms with van der Waals surface area (Å²) in [5.41, 5.74) is 6.53. The van der Waals surface area contributed by atoms with Gasteiger partial charge in [-0.25, -0.2) is 19.6 Å². The number of methoxy groups -OCH3 is 2. The molecule has 0 aliphatic carbocycles. The minimum atomic E-state index is -0.761. The summed E-state index contributed by atoms with van der Waals surface area (Å²) >= 11 is 0. The van der Waals surface area contributed by atoms with Crippen LogP contribution < -0.4 is 15.4 Å². The highest BCUT2D eigenvalue weighted by atomic mass is 16.5. The van der Waals surface area contributed by atoms with Gasteiger partial charge in [0, 0.05) is 49.5 Å². The maximum atomic E-state index is 14.7. The van der Waals surface area contributed by atoms with Crippen LogP contribution in [0.25, 0.3) is 44.2 Å². The molecule has 4 aliphatic heterocycles. The molecule has 3 fully saturated rings. The molecular weight excluding hydrogens is 881 g/mol. The number of carbonyl (C=O) groups excluding carboxylic acids is 4. The van der Waals surface area contributed by atoms with Crippen LogP contribution in [0.2, 0.25) is 0 Å². The maximum absolute atomic E-state index is 14.7. The molecule has 17 nitrogen and oxygen atoms in total. The predicted octanol–water partition coefficient (Wildman–Crippen LogP) is 8.49. The van der Waals surface area contributed by atoms with Crippen molar-refractivity contribution in [3.8, 4) is 28.1 Å². The van der Waals surface area contributed by atoms with Crippen LogP contribution in [0.4, 0.5) is 9.59 Å². The molecule has 5 atom stereocenters. The highest BCUT2D eigenvalue weighted by Gasteiger charge is 2.44. The van der Waals surface area contributed by atoms with Gasteiger partial charge in [-0.05, 0) is 123 Å². The fraction of sp³-hybridized carbons (Fsp3) is 0.538. The minimum Gasteiger partial charge on any atom is -0.488 e. The zero-order valence-corrected chi connectivity index (χ0v) is 40.6. The van der Waals surface area contributed by atoms with Gasteiger partial charge in [0.1, 0.15) is 36.1 Å². The molecule has 6 heterocycles. The second kappa shape index (κ2) is 20.8. The number of nitrogens with one attached hydrogen (secondary N) is 4. The van der Waals surface area contributed by atoms with E-state index in [-0.39, 0.29) is 41.8 Å². The molecule has 0 radical (unpaired) electrons. The highest BCUT2D eigenvalue weighted by molar-refractivity contribution is 6.07. The van der Waals surface area contributed by atoms with Crippen molar-refractivity contribution in [3.63, 3.8) is 0 Å². The first-order valence-corrected chi connectivity index (χ1v) is 24.8. The average Bonchev–Trinajstić information content (AvgIpc) is 4.17. The number of benzene rings is 3. The number of fused-ring (bicyclic) bond motifs is 6. The number of hydrogen-bond acceptors (Lipinski definition) is 11. The van der Waals surface area contributed by atoms with Gasteiger partial charge >= 0.3 is 12.2 Å². The van der Waals surface area contributed by atoms with Gasteiger partial charge in [-0.3, -0.25) is 9.59 Å². The van der Waals surface area contributed by atoms with E-state index in [1.54, 1.807) is 0 Å². The molecular formula is C52H66N8O9. The lowest BCUT2D eigenvalue weighted by molar-refractivity contribution is -0.141. The monoisotopic (exact) mass is 946 g/mol. The Labute approximate surface area is 402 Å². The zero-order valence-electron chi connectivity index (χ0n) is 40.6. The summed E-state index contributed by atoms with van der Waals surface area (Å²) in [7, 11) is 2.63. The van der Waals surface area contributed by atoms with Crippen LogP contribution >= 0.6 is 0 Å². The summed E-state index contributed by atoms with van der Waals surface area (Å²) in [5, 5.41) is 7.68. The number of likely N-dealkylation sites (tertiary alicyclic amines) is 1. The van der Waals surface area contributed by atoms with Crippen molar-refractivity contribution >= 4 is 45.8 Å². The van der Waals surface area contributed by atoms with Gasteiger partial charge in [-0.2, -0.15) is 0 Å². The molecule has 0 spiro atoms. The van der Waals surface area contributed by atoms with E-state index in [9.17, 15) is 19.2 Å². The summed E-state index contributed by atoms with van der Waals surface area (Å²) in [5.74, 6) is 1.73. The normalized spacial score (nSPS) is 19.9. The standard InChI is InChI=1S/C52H66N8O9/c1-7-35(8-2)59(49(61)44(57-51(63)65-5)30-16-20-67-21-17-30)29(4)47-54-40-14-11-32-25-39-37-13-10-33(24-34(37)28-69-43(39)26-38(32)46(40)56-47)41-27-53-48(55-41)42-15-12-36(9-3)60(42)50(62)45(58-52(64)66-6)31-18-22-68-23-19-31/h10-11,13-14,24-27,29-31,35-36,42,44-45H,7-9,12,15-23,28H2,1-6H3,(H,53,55)(H,54,56)(H,57,63)(H,58,64)/t29-,36-,42-,44-,45-/m0/s1. The Bertz CT molecular complexity index is 2670. The molecule has 9 rings (SSSR count). The van der Waals surface area contributed by atoms with Gasteiger partial charge in [-0.15, -0.1) is 0 Å². The van der Waals surface area contributed by atoms with Crippen molar-refractivity contribution in [2.45, 2.75) is 128 Å². The summed E-state index contributed by atoms with van der Waals surface area (Å²) in [6, 6.07) is 12.5. The molecule has 0 unspecified atom stereocenters. The van der Waals surface area contributed by atoms with Crippen LogP contribution in [0.5, 0.6) is 5.75 Å². The molecule has 5 aromatic rings. The van der Waals surface area contributed by atoms with E-state index in [4.69, 9.17) is 33.7 Å².